The SMILES string of the molecule is CC(C)(C)c1cc(C(C)(C)C)c2cc(OP(Oc3cc4c(C(C)(C)C)cc(C(C)(C)C)cc4cc3C(C)(C)C)OC3C=CC=CC3=S(=O)=O)c(C(C)(C)C)cc2c1. The molecule has 0 aromatic heterocycles. The van der Waals surface area contributed by atoms with Gasteiger partial charge in [-0.25, -0.2) is 0 Å². The lowest BCUT2D eigenvalue weighted by molar-refractivity contribution is 0.260. The molecule has 1 aliphatic carbocycles. The first-order valence-corrected chi connectivity index (χ1v) is 22.4. The van der Waals surface area contributed by atoms with Crippen LogP contribution in [0.5, 0.6) is 11.5 Å². The Morgan fingerprint density at radius 3 is 1.19 bits per heavy atom. The van der Waals surface area contributed by atoms with Gasteiger partial charge in [0.15, 0.2) is 0 Å². The van der Waals surface area contributed by atoms with Crippen LogP contribution in [0, 0.1) is 0 Å². The number of benzene rings is 4. The van der Waals surface area contributed by atoms with Crippen LogP contribution in [0.3, 0.4) is 0 Å². The maximum absolute atomic E-state index is 12.5. The second-order valence-electron chi connectivity index (χ2n) is 22.0. The molecule has 5 rings (SSSR count). The smallest absolute Gasteiger partial charge is 0.417 e. The van der Waals surface area contributed by atoms with E-state index in [1.807, 2.05) is 0 Å². The minimum atomic E-state index is -2.51. The fraction of sp³-hybridized carbons (Fsp3) is 0.500. The van der Waals surface area contributed by atoms with Crippen molar-refractivity contribution in [1.82, 2.24) is 0 Å². The molecule has 1 atom stereocenters. The van der Waals surface area contributed by atoms with E-state index >= 15 is 0 Å². The predicted octanol–water partition coefficient (Wildman–Crippen LogP) is 14.0. The van der Waals surface area contributed by atoms with Crippen LogP contribution in [0.15, 0.2) is 72.8 Å². The van der Waals surface area contributed by atoms with Gasteiger partial charge < -0.3 is 9.05 Å². The maximum Gasteiger partial charge on any atom is 0.464 e. The average molecular weight is 811 g/mol. The Morgan fingerprint density at radius 2 is 0.860 bits per heavy atom. The quantitative estimate of drug-likeness (QED) is 0.143. The molecular weight excluding hydrogens is 744 g/mol. The lowest BCUT2D eigenvalue weighted by Crippen LogP contribution is -2.23. The Bertz CT molecular complexity index is 2250. The van der Waals surface area contributed by atoms with E-state index in [9.17, 15) is 8.42 Å². The zero-order valence-electron chi connectivity index (χ0n) is 37.9. The van der Waals surface area contributed by atoms with E-state index in [1.54, 1.807) is 24.3 Å². The van der Waals surface area contributed by atoms with Crippen molar-refractivity contribution in [3.63, 3.8) is 0 Å². The standard InChI is InChI=1S/C50H67O5PS/c1-45(2,3)33-23-31-25-39(49(13,14)15)42(29-35(31)37(27-33)47(7,8)9)54-56(53-41-21-19-20-22-44(41)57(51)52)55-43-30-36-32(26-40(43)50(16,17)18)24-34(46(4,5)6)28-38(36)48(10,11)12/h19-30,41H,1-18H3. The first-order chi connectivity index (χ1) is 25.9. The molecule has 308 valence electrons. The third-order valence-corrected chi connectivity index (χ3v) is 12.6. The molecular formula is C50H67O5PS. The van der Waals surface area contributed by atoms with E-state index in [1.165, 1.54) is 22.3 Å². The number of hydrogen-bond acceptors (Lipinski definition) is 5. The Hall–Kier alpha value is -3.44. The summed E-state index contributed by atoms with van der Waals surface area (Å²) in [4.78, 5) is 0.121. The first kappa shape index (κ1) is 44.7. The lowest BCUT2D eigenvalue weighted by atomic mass is 9.76. The van der Waals surface area contributed by atoms with Gasteiger partial charge in [0.2, 0.25) is 10.3 Å². The van der Waals surface area contributed by atoms with Crippen LogP contribution < -0.4 is 9.05 Å². The van der Waals surface area contributed by atoms with Gasteiger partial charge in [-0.2, -0.15) is 8.42 Å². The minimum Gasteiger partial charge on any atom is -0.417 e. The van der Waals surface area contributed by atoms with Crippen LogP contribution in [0.25, 0.3) is 21.5 Å². The van der Waals surface area contributed by atoms with Crippen LogP contribution in [0.4, 0.5) is 0 Å². The van der Waals surface area contributed by atoms with E-state index in [0.29, 0.717) is 11.5 Å². The average Bonchev–Trinajstić information content (AvgIpc) is 3.04. The van der Waals surface area contributed by atoms with Gasteiger partial charge in [-0.15, -0.1) is 0 Å². The van der Waals surface area contributed by atoms with E-state index in [2.05, 4.69) is 173 Å². The van der Waals surface area contributed by atoms with Crippen molar-refractivity contribution >= 4 is 45.3 Å². The van der Waals surface area contributed by atoms with E-state index < -0.39 is 25.0 Å². The normalized spacial score (nSPS) is 15.9. The van der Waals surface area contributed by atoms with Crippen molar-refractivity contribution in [3.8, 4) is 11.5 Å². The summed E-state index contributed by atoms with van der Waals surface area (Å²) in [6, 6.07) is 18.1. The van der Waals surface area contributed by atoms with Crippen molar-refractivity contribution < 1.29 is 22.0 Å². The molecule has 0 fully saturated rings. The van der Waals surface area contributed by atoms with Gasteiger partial charge in [-0.1, -0.05) is 161 Å². The Labute approximate surface area is 346 Å². The topological polar surface area (TPSA) is 61.8 Å². The molecule has 4 aromatic rings. The highest BCUT2D eigenvalue weighted by atomic mass is 32.2. The minimum absolute atomic E-state index is 0.0368. The van der Waals surface area contributed by atoms with Crippen LogP contribution in [-0.2, 0) is 47.3 Å². The zero-order valence-corrected chi connectivity index (χ0v) is 39.6. The zero-order chi connectivity index (χ0) is 42.8. The number of fused-ring (bicyclic) bond motifs is 2. The molecule has 5 nitrogen and oxygen atoms in total. The van der Waals surface area contributed by atoms with Crippen molar-refractivity contribution in [1.29, 1.82) is 0 Å². The summed E-state index contributed by atoms with van der Waals surface area (Å²) >= 11 is 0. The van der Waals surface area contributed by atoms with Crippen molar-refractivity contribution in [2.75, 3.05) is 0 Å². The summed E-state index contributed by atoms with van der Waals surface area (Å²) in [5.74, 6) is 1.30. The fourth-order valence-electron chi connectivity index (χ4n) is 7.27. The highest BCUT2D eigenvalue weighted by molar-refractivity contribution is 7.73. The van der Waals surface area contributed by atoms with Gasteiger partial charge in [-0.05, 0) is 113 Å². The van der Waals surface area contributed by atoms with Crippen LogP contribution in [0.2, 0.25) is 0 Å². The molecule has 0 radical (unpaired) electrons. The molecule has 0 saturated carbocycles. The predicted molar refractivity (Wildman–Crippen MR) is 245 cm³/mol. The summed E-state index contributed by atoms with van der Waals surface area (Å²) in [6.07, 6.45) is 5.92. The molecule has 0 bridgehead atoms. The second-order valence-corrected chi connectivity index (χ2v) is 24.0. The molecule has 7 heteroatoms. The molecule has 4 aromatic carbocycles. The van der Waals surface area contributed by atoms with E-state index in [0.717, 1.165) is 32.7 Å². The Kier molecular flexibility index (Phi) is 12.0. The molecule has 57 heavy (non-hydrogen) atoms. The van der Waals surface area contributed by atoms with Crippen LogP contribution in [0.1, 0.15) is 158 Å². The number of hydrogen-bond donors (Lipinski definition) is 0. The van der Waals surface area contributed by atoms with Gasteiger partial charge in [0.25, 0.3) is 0 Å². The van der Waals surface area contributed by atoms with Crippen molar-refractivity contribution in [2.24, 2.45) is 0 Å². The third-order valence-electron chi connectivity index (χ3n) is 10.7. The van der Waals surface area contributed by atoms with Gasteiger partial charge in [0, 0.05) is 11.1 Å². The maximum atomic E-state index is 12.5. The molecule has 0 N–H and O–H groups in total. The molecule has 0 amide bonds. The molecule has 0 spiro atoms. The third kappa shape index (κ3) is 10.1. The summed E-state index contributed by atoms with van der Waals surface area (Å²) in [6.45, 7) is 40.1. The molecule has 1 aliphatic rings. The monoisotopic (exact) mass is 810 g/mol. The number of allylic oxidation sites excluding steroid dienone is 2. The highest BCUT2D eigenvalue weighted by Crippen LogP contribution is 2.51. The van der Waals surface area contributed by atoms with Gasteiger partial charge in [-0.3, -0.25) is 4.52 Å². The van der Waals surface area contributed by atoms with Crippen LogP contribution >= 0.6 is 8.60 Å². The van der Waals surface area contributed by atoms with Crippen molar-refractivity contribution in [2.45, 2.75) is 163 Å². The van der Waals surface area contributed by atoms with Crippen LogP contribution in [-0.4, -0.2) is 19.4 Å². The van der Waals surface area contributed by atoms with Gasteiger partial charge in [0.1, 0.15) is 22.5 Å². The number of rotatable bonds is 6. The largest absolute Gasteiger partial charge is 0.464 e. The summed E-state index contributed by atoms with van der Waals surface area (Å²) in [5.41, 5.74) is 6.05. The molecule has 0 heterocycles. The Morgan fingerprint density at radius 1 is 0.474 bits per heavy atom. The highest BCUT2D eigenvalue weighted by Gasteiger charge is 2.33. The van der Waals surface area contributed by atoms with E-state index in [4.69, 9.17) is 13.6 Å². The first-order valence-electron chi connectivity index (χ1n) is 20.3. The summed E-state index contributed by atoms with van der Waals surface area (Å²) < 4.78 is 45.9. The second kappa shape index (κ2) is 15.3. The van der Waals surface area contributed by atoms with Crippen molar-refractivity contribution in [3.05, 3.63) is 106 Å². The van der Waals surface area contributed by atoms with E-state index in [-0.39, 0.29) is 37.4 Å². The molecule has 1 unspecified atom stereocenters. The van der Waals surface area contributed by atoms with Gasteiger partial charge in [0.05, 0.1) is 0 Å². The lowest BCUT2D eigenvalue weighted by Gasteiger charge is -2.31. The molecule has 0 saturated heterocycles. The Balaban J connectivity index is 1.80. The van der Waals surface area contributed by atoms with Gasteiger partial charge >= 0.3 is 8.60 Å². The summed E-state index contributed by atoms with van der Waals surface area (Å²) in [7, 11) is -4.74. The molecule has 0 aliphatic heterocycles. The summed E-state index contributed by atoms with van der Waals surface area (Å²) in [5, 5.41) is 4.52. The fourth-order valence-corrected chi connectivity index (χ4v) is 8.96.